The highest BCUT2D eigenvalue weighted by Crippen LogP contribution is 2.30. The van der Waals surface area contributed by atoms with Crippen molar-refractivity contribution in [2.75, 3.05) is 0 Å². The van der Waals surface area contributed by atoms with Crippen LogP contribution in [0.15, 0.2) is 47.4 Å². The molecule has 25 heavy (non-hydrogen) atoms. The van der Waals surface area contributed by atoms with Gasteiger partial charge in [0.05, 0.1) is 4.90 Å². The van der Waals surface area contributed by atoms with E-state index in [1.807, 2.05) is 6.07 Å². The zero-order chi connectivity index (χ0) is 17.4. The molecule has 4 nitrogen and oxygen atoms in total. The molecule has 0 spiro atoms. The Labute approximate surface area is 146 Å². The average Bonchev–Trinajstić information content (AvgIpc) is 2.99. The number of sulfonamides is 1. The van der Waals surface area contributed by atoms with Crippen molar-refractivity contribution in [3.8, 4) is 0 Å². The largest absolute Gasteiger partial charge is 0.358 e. The standard InChI is InChI=1S/C19H19FN2O2S/c20-14-7-5-13(6-8-14)12-21-25(23,24)15-9-10-19-17(11-15)16-3-1-2-4-18(16)22-19/h5-11,21-22H,1-4,12H2. The van der Waals surface area contributed by atoms with E-state index in [2.05, 4.69) is 9.71 Å². The van der Waals surface area contributed by atoms with Crippen LogP contribution in [0.25, 0.3) is 10.9 Å². The number of benzene rings is 2. The molecule has 4 rings (SSSR count). The second-order valence-corrected chi connectivity index (χ2v) is 8.21. The SMILES string of the molecule is O=S(=O)(NCc1ccc(F)cc1)c1ccc2[nH]c3c(c2c1)CCCC3. The van der Waals surface area contributed by atoms with E-state index < -0.39 is 10.0 Å². The van der Waals surface area contributed by atoms with Gasteiger partial charge in [-0.25, -0.2) is 17.5 Å². The minimum absolute atomic E-state index is 0.131. The summed E-state index contributed by atoms with van der Waals surface area (Å²) in [6.07, 6.45) is 4.32. The van der Waals surface area contributed by atoms with Gasteiger partial charge in [-0.05, 0) is 67.1 Å². The number of nitrogens with one attached hydrogen (secondary N) is 2. The molecular formula is C19H19FN2O2S. The first kappa shape index (κ1) is 16.3. The molecule has 6 heteroatoms. The zero-order valence-corrected chi connectivity index (χ0v) is 14.5. The predicted octanol–water partition coefficient (Wildman–Crippen LogP) is 3.66. The van der Waals surface area contributed by atoms with Crippen molar-refractivity contribution in [2.24, 2.45) is 0 Å². The molecule has 3 aromatic rings. The van der Waals surface area contributed by atoms with Crippen LogP contribution >= 0.6 is 0 Å². The molecule has 0 saturated carbocycles. The summed E-state index contributed by atoms with van der Waals surface area (Å²) in [5.41, 5.74) is 4.18. The van der Waals surface area contributed by atoms with Crippen LogP contribution in [0.1, 0.15) is 29.7 Å². The van der Waals surface area contributed by atoms with Gasteiger partial charge in [-0.15, -0.1) is 0 Å². The number of aryl methyl sites for hydroxylation is 2. The van der Waals surface area contributed by atoms with Gasteiger partial charge in [0.2, 0.25) is 10.0 Å². The van der Waals surface area contributed by atoms with Gasteiger partial charge >= 0.3 is 0 Å². The first-order chi connectivity index (χ1) is 12.0. The summed E-state index contributed by atoms with van der Waals surface area (Å²) in [6, 6.07) is 11.0. The van der Waals surface area contributed by atoms with Crippen molar-refractivity contribution >= 4 is 20.9 Å². The molecule has 0 fully saturated rings. The molecule has 1 aliphatic carbocycles. The Kier molecular flexibility index (Phi) is 4.09. The van der Waals surface area contributed by atoms with Crippen LogP contribution in [0, 0.1) is 5.82 Å². The maximum absolute atomic E-state index is 12.9. The molecule has 0 unspecified atom stereocenters. The number of rotatable bonds is 4. The minimum atomic E-state index is -3.62. The molecule has 1 heterocycles. The summed E-state index contributed by atoms with van der Waals surface area (Å²) in [5.74, 6) is -0.339. The summed E-state index contributed by atoms with van der Waals surface area (Å²) >= 11 is 0. The van der Waals surface area contributed by atoms with E-state index in [1.54, 1.807) is 24.3 Å². The highest BCUT2D eigenvalue weighted by atomic mass is 32.2. The number of hydrogen-bond donors (Lipinski definition) is 2. The molecule has 0 aliphatic heterocycles. The highest BCUT2D eigenvalue weighted by Gasteiger charge is 2.19. The van der Waals surface area contributed by atoms with E-state index >= 15 is 0 Å². The van der Waals surface area contributed by atoms with E-state index in [1.165, 1.54) is 29.8 Å². The molecule has 0 radical (unpaired) electrons. The number of halogens is 1. The third kappa shape index (κ3) is 3.19. The Morgan fingerprint density at radius 1 is 1.04 bits per heavy atom. The van der Waals surface area contributed by atoms with Gasteiger partial charge in [-0.1, -0.05) is 12.1 Å². The Hall–Kier alpha value is -2.18. The topological polar surface area (TPSA) is 62.0 Å². The zero-order valence-electron chi connectivity index (χ0n) is 13.7. The third-order valence-electron chi connectivity index (χ3n) is 4.76. The second kappa shape index (κ2) is 6.28. The van der Waals surface area contributed by atoms with Gasteiger partial charge in [0.15, 0.2) is 0 Å². The van der Waals surface area contributed by atoms with Crippen LogP contribution in [-0.2, 0) is 29.4 Å². The summed E-state index contributed by atoms with van der Waals surface area (Å²) in [6.45, 7) is 0.131. The molecule has 130 valence electrons. The van der Waals surface area contributed by atoms with Crippen LogP contribution in [0.3, 0.4) is 0 Å². The molecule has 2 aromatic carbocycles. The Balaban J connectivity index is 1.62. The first-order valence-corrected chi connectivity index (χ1v) is 9.89. The summed E-state index contributed by atoms with van der Waals surface area (Å²) < 4.78 is 40.7. The van der Waals surface area contributed by atoms with Gasteiger partial charge in [-0.2, -0.15) is 0 Å². The molecular weight excluding hydrogens is 339 g/mol. The van der Waals surface area contributed by atoms with Gasteiger partial charge in [0, 0.05) is 23.1 Å². The lowest BCUT2D eigenvalue weighted by Crippen LogP contribution is -2.23. The maximum Gasteiger partial charge on any atom is 0.240 e. The lowest BCUT2D eigenvalue weighted by Gasteiger charge is -2.11. The average molecular weight is 358 g/mol. The summed E-state index contributed by atoms with van der Waals surface area (Å²) in [5, 5.41) is 0.999. The van der Waals surface area contributed by atoms with Crippen molar-refractivity contribution in [3.63, 3.8) is 0 Å². The van der Waals surface area contributed by atoms with Crippen molar-refractivity contribution in [1.29, 1.82) is 0 Å². The monoisotopic (exact) mass is 358 g/mol. The van der Waals surface area contributed by atoms with E-state index in [0.717, 1.165) is 30.2 Å². The van der Waals surface area contributed by atoms with E-state index in [4.69, 9.17) is 0 Å². The molecule has 0 bridgehead atoms. The van der Waals surface area contributed by atoms with Crippen LogP contribution < -0.4 is 4.72 Å². The van der Waals surface area contributed by atoms with E-state index in [-0.39, 0.29) is 17.3 Å². The van der Waals surface area contributed by atoms with Crippen molar-refractivity contribution < 1.29 is 12.8 Å². The molecule has 2 N–H and O–H groups in total. The fourth-order valence-corrected chi connectivity index (χ4v) is 4.46. The van der Waals surface area contributed by atoms with Crippen molar-refractivity contribution in [3.05, 3.63) is 65.1 Å². The molecule has 0 atom stereocenters. The number of H-pyrrole nitrogens is 1. The Morgan fingerprint density at radius 3 is 2.60 bits per heavy atom. The maximum atomic E-state index is 12.9. The van der Waals surface area contributed by atoms with Crippen LogP contribution in [0.5, 0.6) is 0 Å². The molecule has 1 aromatic heterocycles. The second-order valence-electron chi connectivity index (χ2n) is 6.45. The number of aromatic amines is 1. The normalized spacial score (nSPS) is 14.6. The fraction of sp³-hybridized carbons (Fsp3) is 0.263. The van der Waals surface area contributed by atoms with Crippen LogP contribution in [0.4, 0.5) is 4.39 Å². The number of hydrogen-bond acceptors (Lipinski definition) is 2. The van der Waals surface area contributed by atoms with E-state index in [0.29, 0.717) is 5.56 Å². The summed E-state index contributed by atoms with van der Waals surface area (Å²) in [7, 11) is -3.62. The Bertz CT molecular complexity index is 1020. The Morgan fingerprint density at radius 2 is 1.80 bits per heavy atom. The first-order valence-electron chi connectivity index (χ1n) is 8.40. The molecule has 0 amide bonds. The lowest BCUT2D eigenvalue weighted by molar-refractivity contribution is 0.581. The molecule has 1 aliphatic rings. The predicted molar refractivity (Wildman–Crippen MR) is 95.4 cm³/mol. The van der Waals surface area contributed by atoms with Gasteiger partial charge in [-0.3, -0.25) is 0 Å². The summed E-state index contributed by atoms with van der Waals surface area (Å²) in [4.78, 5) is 3.67. The minimum Gasteiger partial charge on any atom is -0.358 e. The van der Waals surface area contributed by atoms with Crippen LogP contribution in [-0.4, -0.2) is 13.4 Å². The van der Waals surface area contributed by atoms with Crippen LogP contribution in [0.2, 0.25) is 0 Å². The van der Waals surface area contributed by atoms with Gasteiger partial charge in [0.25, 0.3) is 0 Å². The quantitative estimate of drug-likeness (QED) is 0.748. The number of aromatic nitrogens is 1. The third-order valence-corrected chi connectivity index (χ3v) is 6.16. The van der Waals surface area contributed by atoms with Gasteiger partial charge in [0.1, 0.15) is 5.82 Å². The lowest BCUT2D eigenvalue weighted by atomic mass is 9.96. The fourth-order valence-electron chi connectivity index (χ4n) is 3.42. The van der Waals surface area contributed by atoms with Crippen molar-refractivity contribution in [2.45, 2.75) is 37.1 Å². The van der Waals surface area contributed by atoms with Crippen molar-refractivity contribution in [1.82, 2.24) is 9.71 Å². The highest BCUT2D eigenvalue weighted by molar-refractivity contribution is 7.89. The van der Waals surface area contributed by atoms with E-state index in [9.17, 15) is 12.8 Å². The smallest absolute Gasteiger partial charge is 0.240 e. The van der Waals surface area contributed by atoms with Gasteiger partial charge < -0.3 is 4.98 Å². The molecule has 0 saturated heterocycles. The number of fused-ring (bicyclic) bond motifs is 3.